The first-order valence-electron chi connectivity index (χ1n) is 10.5. The van der Waals surface area contributed by atoms with Crippen LogP contribution in [0.2, 0.25) is 0 Å². The highest BCUT2D eigenvalue weighted by Gasteiger charge is 2.43. The molecule has 7 nitrogen and oxygen atoms in total. The van der Waals surface area contributed by atoms with E-state index in [4.69, 9.17) is 9.47 Å². The fourth-order valence-electron chi connectivity index (χ4n) is 4.43. The lowest BCUT2D eigenvalue weighted by Crippen LogP contribution is -2.61. The minimum Gasteiger partial charge on any atom is -0.493 e. The fourth-order valence-corrected chi connectivity index (χ4v) is 4.43. The number of nitrogens with zero attached hydrogens (tertiary/aromatic N) is 3. The number of aryl methyl sites for hydroxylation is 1. The number of benzene rings is 1. The van der Waals surface area contributed by atoms with E-state index in [9.17, 15) is 4.39 Å². The van der Waals surface area contributed by atoms with Crippen molar-refractivity contribution in [2.24, 2.45) is 0 Å². The Hall–Kier alpha value is -2.61. The normalized spacial score (nSPS) is 18.5. The van der Waals surface area contributed by atoms with Crippen LogP contribution < -0.4 is 20.1 Å². The van der Waals surface area contributed by atoms with Crippen molar-refractivity contribution in [1.82, 2.24) is 14.9 Å². The molecular weight excluding hydrogens is 397 g/mol. The SMILES string of the molecule is COc1cc(C)c(Nc2ncc(F)c(NC3CC(C)(C)N(C)C(C)(C)C3)n2)cc1OC. The standard InChI is InChI=1S/C23H34FN5O2/c1-14-9-18(30-7)19(31-8)10-17(14)27-21-25-13-16(24)20(28-21)26-15-11-22(2,3)29(6)23(4,5)12-15/h9-10,13,15H,11-12H2,1-8H3,(H2,25,26,27,28). The number of likely N-dealkylation sites (tertiary alicyclic amines) is 1. The molecule has 0 unspecified atom stereocenters. The highest BCUT2D eigenvalue weighted by Crippen LogP contribution is 2.38. The Kier molecular flexibility index (Phi) is 6.32. The predicted octanol–water partition coefficient (Wildman–Crippen LogP) is 4.75. The predicted molar refractivity (Wildman–Crippen MR) is 122 cm³/mol. The van der Waals surface area contributed by atoms with Crippen LogP contribution in [0, 0.1) is 12.7 Å². The molecule has 2 heterocycles. The van der Waals surface area contributed by atoms with Crippen LogP contribution in [0.4, 0.5) is 21.8 Å². The minimum absolute atomic E-state index is 0.0131. The monoisotopic (exact) mass is 431 g/mol. The van der Waals surface area contributed by atoms with Crippen LogP contribution in [-0.2, 0) is 0 Å². The van der Waals surface area contributed by atoms with Crippen LogP contribution >= 0.6 is 0 Å². The second kappa shape index (κ2) is 8.49. The summed E-state index contributed by atoms with van der Waals surface area (Å²) < 4.78 is 25.3. The van der Waals surface area contributed by atoms with E-state index in [1.165, 1.54) is 6.20 Å². The van der Waals surface area contributed by atoms with Gasteiger partial charge in [-0.05, 0) is 66.1 Å². The van der Waals surface area contributed by atoms with E-state index in [1.807, 2.05) is 19.1 Å². The van der Waals surface area contributed by atoms with Gasteiger partial charge < -0.3 is 20.1 Å². The van der Waals surface area contributed by atoms with E-state index in [2.05, 4.69) is 60.2 Å². The summed E-state index contributed by atoms with van der Waals surface area (Å²) in [6, 6.07) is 3.78. The van der Waals surface area contributed by atoms with Crippen molar-refractivity contribution < 1.29 is 13.9 Å². The van der Waals surface area contributed by atoms with Gasteiger partial charge in [0.1, 0.15) is 0 Å². The second-order valence-corrected chi connectivity index (χ2v) is 9.47. The zero-order chi connectivity index (χ0) is 23.0. The van der Waals surface area contributed by atoms with Gasteiger partial charge in [-0.15, -0.1) is 0 Å². The summed E-state index contributed by atoms with van der Waals surface area (Å²) in [5.74, 6) is 1.28. The van der Waals surface area contributed by atoms with Crippen molar-refractivity contribution in [3.63, 3.8) is 0 Å². The Labute approximate surface area is 184 Å². The molecule has 1 aromatic heterocycles. The molecule has 1 saturated heterocycles. The molecule has 8 heteroatoms. The lowest BCUT2D eigenvalue weighted by atomic mass is 9.77. The minimum atomic E-state index is -0.468. The summed E-state index contributed by atoms with van der Waals surface area (Å²) in [5, 5.41) is 6.50. The summed E-state index contributed by atoms with van der Waals surface area (Å²) in [7, 11) is 5.32. The van der Waals surface area contributed by atoms with Gasteiger partial charge in [0.05, 0.1) is 20.4 Å². The molecule has 1 aliphatic rings. The van der Waals surface area contributed by atoms with E-state index in [0.29, 0.717) is 17.4 Å². The lowest BCUT2D eigenvalue weighted by Gasteiger charge is -2.53. The molecule has 0 bridgehead atoms. The van der Waals surface area contributed by atoms with Crippen molar-refractivity contribution in [3.05, 3.63) is 29.7 Å². The number of anilines is 3. The van der Waals surface area contributed by atoms with Gasteiger partial charge in [0.25, 0.3) is 0 Å². The van der Waals surface area contributed by atoms with Gasteiger partial charge in [0.15, 0.2) is 23.1 Å². The zero-order valence-corrected chi connectivity index (χ0v) is 19.8. The van der Waals surface area contributed by atoms with Crippen LogP contribution in [0.1, 0.15) is 46.1 Å². The summed E-state index contributed by atoms with van der Waals surface area (Å²) >= 11 is 0. The van der Waals surface area contributed by atoms with Crippen molar-refractivity contribution in [2.45, 2.75) is 64.6 Å². The smallest absolute Gasteiger partial charge is 0.229 e. The van der Waals surface area contributed by atoms with E-state index >= 15 is 0 Å². The van der Waals surface area contributed by atoms with Crippen molar-refractivity contribution in [3.8, 4) is 11.5 Å². The Morgan fingerprint density at radius 1 is 1.06 bits per heavy atom. The molecule has 0 amide bonds. The third-order valence-corrected chi connectivity index (χ3v) is 6.37. The molecule has 0 radical (unpaired) electrons. The molecule has 1 aliphatic heterocycles. The van der Waals surface area contributed by atoms with Gasteiger partial charge in [0.2, 0.25) is 5.95 Å². The van der Waals surface area contributed by atoms with E-state index in [1.54, 1.807) is 14.2 Å². The summed E-state index contributed by atoms with van der Waals surface area (Å²) in [5.41, 5.74) is 1.66. The maximum absolute atomic E-state index is 14.6. The highest BCUT2D eigenvalue weighted by atomic mass is 19.1. The molecule has 0 aliphatic carbocycles. The molecule has 0 saturated carbocycles. The topological polar surface area (TPSA) is 71.5 Å². The third-order valence-electron chi connectivity index (χ3n) is 6.37. The zero-order valence-electron chi connectivity index (χ0n) is 19.8. The van der Waals surface area contributed by atoms with Gasteiger partial charge in [0, 0.05) is 28.9 Å². The van der Waals surface area contributed by atoms with Gasteiger partial charge >= 0.3 is 0 Å². The Morgan fingerprint density at radius 2 is 1.65 bits per heavy atom. The Morgan fingerprint density at radius 3 is 2.23 bits per heavy atom. The molecule has 2 aromatic rings. The van der Waals surface area contributed by atoms with E-state index in [-0.39, 0.29) is 22.9 Å². The Bertz CT molecular complexity index is 930. The molecular formula is C23H34FN5O2. The number of piperidine rings is 1. The van der Waals surface area contributed by atoms with Gasteiger partial charge in [-0.25, -0.2) is 9.37 Å². The Balaban J connectivity index is 1.83. The number of rotatable bonds is 6. The van der Waals surface area contributed by atoms with Gasteiger partial charge in [-0.1, -0.05) is 0 Å². The number of hydrogen-bond donors (Lipinski definition) is 2. The average Bonchev–Trinajstić information content (AvgIpc) is 2.69. The first-order valence-corrected chi connectivity index (χ1v) is 10.5. The molecule has 2 N–H and O–H groups in total. The van der Waals surface area contributed by atoms with E-state index < -0.39 is 5.82 Å². The average molecular weight is 432 g/mol. The highest BCUT2D eigenvalue weighted by molar-refractivity contribution is 5.65. The molecule has 31 heavy (non-hydrogen) atoms. The van der Waals surface area contributed by atoms with Crippen LogP contribution in [0.5, 0.6) is 11.5 Å². The van der Waals surface area contributed by atoms with Crippen molar-refractivity contribution in [1.29, 1.82) is 0 Å². The molecule has 1 aromatic carbocycles. The van der Waals surface area contributed by atoms with Gasteiger partial charge in [-0.3, -0.25) is 4.90 Å². The molecule has 0 spiro atoms. The van der Waals surface area contributed by atoms with Crippen molar-refractivity contribution in [2.75, 3.05) is 31.9 Å². The maximum atomic E-state index is 14.6. The van der Waals surface area contributed by atoms with E-state index in [0.717, 1.165) is 24.1 Å². The molecule has 3 rings (SSSR count). The first-order chi connectivity index (χ1) is 14.5. The summed E-state index contributed by atoms with van der Waals surface area (Å²) in [4.78, 5) is 10.9. The fraction of sp³-hybridized carbons (Fsp3) is 0.565. The number of nitrogens with one attached hydrogen (secondary N) is 2. The summed E-state index contributed by atoms with van der Waals surface area (Å²) in [6.07, 6.45) is 2.96. The lowest BCUT2D eigenvalue weighted by molar-refractivity contribution is -0.00778. The third kappa shape index (κ3) is 4.84. The van der Waals surface area contributed by atoms with Crippen LogP contribution in [0.25, 0.3) is 0 Å². The van der Waals surface area contributed by atoms with Crippen LogP contribution in [0.3, 0.4) is 0 Å². The first kappa shape index (κ1) is 23.1. The molecule has 170 valence electrons. The molecule has 1 fully saturated rings. The largest absolute Gasteiger partial charge is 0.493 e. The number of aromatic nitrogens is 2. The van der Waals surface area contributed by atoms with Crippen LogP contribution in [0.15, 0.2) is 18.3 Å². The summed E-state index contributed by atoms with van der Waals surface area (Å²) in [6.45, 7) is 10.8. The quantitative estimate of drug-likeness (QED) is 0.684. The number of methoxy groups -OCH3 is 2. The second-order valence-electron chi connectivity index (χ2n) is 9.47. The number of halogens is 1. The van der Waals surface area contributed by atoms with Crippen molar-refractivity contribution >= 4 is 17.5 Å². The van der Waals surface area contributed by atoms with Gasteiger partial charge in [-0.2, -0.15) is 4.98 Å². The maximum Gasteiger partial charge on any atom is 0.229 e. The van der Waals surface area contributed by atoms with Crippen LogP contribution in [-0.4, -0.2) is 53.3 Å². The molecule has 0 atom stereocenters. The number of ether oxygens (including phenoxy) is 2. The number of hydrogen-bond acceptors (Lipinski definition) is 7.